The fourth-order valence-electron chi connectivity index (χ4n) is 2.36. The summed E-state index contributed by atoms with van der Waals surface area (Å²) in [5, 5.41) is 11.8. The van der Waals surface area contributed by atoms with Gasteiger partial charge in [0.15, 0.2) is 0 Å². The van der Waals surface area contributed by atoms with E-state index in [9.17, 15) is 9.59 Å². The maximum Gasteiger partial charge on any atom is 0.317 e. The van der Waals surface area contributed by atoms with Crippen molar-refractivity contribution in [2.75, 3.05) is 33.2 Å². The summed E-state index contributed by atoms with van der Waals surface area (Å²) in [4.78, 5) is 26.9. The molecule has 0 spiro atoms. The lowest BCUT2D eigenvalue weighted by Crippen LogP contribution is -2.50. The van der Waals surface area contributed by atoms with Crippen molar-refractivity contribution in [3.05, 3.63) is 35.4 Å². The highest BCUT2D eigenvalue weighted by molar-refractivity contribution is 5.74. The van der Waals surface area contributed by atoms with E-state index < -0.39 is 5.97 Å². The zero-order valence-corrected chi connectivity index (χ0v) is 12.2. The van der Waals surface area contributed by atoms with Gasteiger partial charge in [0.1, 0.15) is 0 Å². The molecule has 6 nitrogen and oxygen atoms in total. The Kier molecular flexibility index (Phi) is 5.16. The second-order valence-corrected chi connectivity index (χ2v) is 5.29. The molecule has 0 radical (unpaired) electrons. The number of urea groups is 1. The van der Waals surface area contributed by atoms with Crippen molar-refractivity contribution >= 4 is 12.0 Å². The van der Waals surface area contributed by atoms with Crippen LogP contribution < -0.4 is 5.32 Å². The molecular weight excluding hydrogens is 270 g/mol. The summed E-state index contributed by atoms with van der Waals surface area (Å²) in [6.45, 7) is 3.55. The zero-order chi connectivity index (χ0) is 15.2. The molecule has 2 amide bonds. The van der Waals surface area contributed by atoms with Crippen LogP contribution in [0.2, 0.25) is 0 Å². The van der Waals surface area contributed by atoms with Crippen molar-refractivity contribution < 1.29 is 14.7 Å². The fourth-order valence-corrected chi connectivity index (χ4v) is 2.36. The molecule has 0 aliphatic carbocycles. The second-order valence-electron chi connectivity index (χ2n) is 5.29. The molecule has 0 unspecified atom stereocenters. The number of hydrogen-bond acceptors (Lipinski definition) is 3. The molecule has 21 heavy (non-hydrogen) atoms. The number of carbonyl (C=O) groups is 2. The first kappa shape index (κ1) is 15.3. The number of nitrogens with zero attached hydrogens (tertiary/aromatic N) is 2. The first-order valence-corrected chi connectivity index (χ1v) is 7.06. The Balaban J connectivity index is 1.90. The van der Waals surface area contributed by atoms with Crippen molar-refractivity contribution in [3.8, 4) is 0 Å². The molecule has 1 aliphatic heterocycles. The highest BCUT2D eigenvalue weighted by Gasteiger charge is 2.18. The maximum atomic E-state index is 12.1. The minimum absolute atomic E-state index is 0.0272. The van der Waals surface area contributed by atoms with Crippen LogP contribution in [0.1, 0.15) is 11.1 Å². The Morgan fingerprint density at radius 2 is 1.76 bits per heavy atom. The van der Waals surface area contributed by atoms with Crippen molar-refractivity contribution in [2.45, 2.75) is 13.0 Å². The molecule has 1 aromatic carbocycles. The number of piperazine rings is 1. The van der Waals surface area contributed by atoms with Gasteiger partial charge >= 0.3 is 12.0 Å². The number of nitrogens with one attached hydrogen (secondary N) is 1. The Morgan fingerprint density at radius 3 is 2.38 bits per heavy atom. The number of carbonyl (C=O) groups excluding carboxylic acids is 1. The van der Waals surface area contributed by atoms with E-state index in [1.54, 1.807) is 11.0 Å². The van der Waals surface area contributed by atoms with Gasteiger partial charge in [-0.3, -0.25) is 4.79 Å². The van der Waals surface area contributed by atoms with E-state index in [0.29, 0.717) is 6.54 Å². The Labute approximate surface area is 124 Å². The third-order valence-corrected chi connectivity index (χ3v) is 3.68. The van der Waals surface area contributed by atoms with Crippen LogP contribution >= 0.6 is 0 Å². The largest absolute Gasteiger partial charge is 0.481 e. The number of aliphatic carboxylic acids is 1. The molecule has 0 saturated carbocycles. The molecule has 1 aliphatic rings. The van der Waals surface area contributed by atoms with Crippen LogP contribution in [0.15, 0.2) is 24.3 Å². The highest BCUT2D eigenvalue weighted by Crippen LogP contribution is 2.10. The first-order valence-electron chi connectivity index (χ1n) is 7.06. The minimum Gasteiger partial charge on any atom is -0.481 e. The van der Waals surface area contributed by atoms with Gasteiger partial charge in [0, 0.05) is 32.7 Å². The molecular formula is C15H21N3O3. The zero-order valence-electron chi connectivity index (χ0n) is 12.2. The number of amides is 2. The third-order valence-electron chi connectivity index (χ3n) is 3.68. The SMILES string of the molecule is CN1CCN(C(=O)NCc2ccccc2CC(=O)O)CC1. The topological polar surface area (TPSA) is 72.9 Å². The lowest BCUT2D eigenvalue weighted by Gasteiger charge is -2.32. The number of benzene rings is 1. The van der Waals surface area contributed by atoms with E-state index in [1.807, 2.05) is 25.2 Å². The molecule has 114 valence electrons. The van der Waals surface area contributed by atoms with E-state index in [2.05, 4.69) is 10.2 Å². The van der Waals surface area contributed by atoms with Crippen LogP contribution in [-0.2, 0) is 17.8 Å². The Morgan fingerprint density at radius 1 is 1.14 bits per heavy atom. The van der Waals surface area contributed by atoms with Gasteiger partial charge in [-0.2, -0.15) is 0 Å². The number of carboxylic acid groups (broad SMARTS) is 1. The lowest BCUT2D eigenvalue weighted by molar-refractivity contribution is -0.136. The first-order chi connectivity index (χ1) is 10.1. The average molecular weight is 291 g/mol. The van der Waals surface area contributed by atoms with Crippen molar-refractivity contribution in [2.24, 2.45) is 0 Å². The summed E-state index contributed by atoms with van der Waals surface area (Å²) in [7, 11) is 2.04. The van der Waals surface area contributed by atoms with E-state index in [1.165, 1.54) is 0 Å². The van der Waals surface area contributed by atoms with Crippen LogP contribution in [0.5, 0.6) is 0 Å². The number of hydrogen-bond donors (Lipinski definition) is 2. The molecule has 1 heterocycles. The Hall–Kier alpha value is -2.08. The maximum absolute atomic E-state index is 12.1. The smallest absolute Gasteiger partial charge is 0.317 e. The monoisotopic (exact) mass is 291 g/mol. The third kappa shape index (κ3) is 4.46. The van der Waals surface area contributed by atoms with Crippen LogP contribution in [0, 0.1) is 0 Å². The highest BCUT2D eigenvalue weighted by atomic mass is 16.4. The lowest BCUT2D eigenvalue weighted by atomic mass is 10.0. The van der Waals surface area contributed by atoms with Gasteiger partial charge in [-0.25, -0.2) is 4.79 Å². The molecule has 2 rings (SSSR count). The summed E-state index contributed by atoms with van der Waals surface area (Å²) >= 11 is 0. The normalized spacial score (nSPS) is 15.8. The van der Waals surface area contributed by atoms with Gasteiger partial charge in [0.2, 0.25) is 0 Å². The molecule has 0 atom stereocenters. The summed E-state index contributed by atoms with van der Waals surface area (Å²) in [5.41, 5.74) is 1.59. The molecule has 1 fully saturated rings. The number of carboxylic acids is 1. The van der Waals surface area contributed by atoms with Gasteiger partial charge in [-0.1, -0.05) is 24.3 Å². The van der Waals surface area contributed by atoms with E-state index >= 15 is 0 Å². The molecule has 2 N–H and O–H groups in total. The van der Waals surface area contributed by atoms with E-state index in [-0.39, 0.29) is 12.5 Å². The van der Waals surface area contributed by atoms with Gasteiger partial charge in [0.25, 0.3) is 0 Å². The summed E-state index contributed by atoms with van der Waals surface area (Å²) in [6, 6.07) is 7.20. The molecule has 0 bridgehead atoms. The summed E-state index contributed by atoms with van der Waals surface area (Å²) < 4.78 is 0. The quantitative estimate of drug-likeness (QED) is 0.859. The molecule has 1 aromatic rings. The van der Waals surface area contributed by atoms with E-state index in [4.69, 9.17) is 5.11 Å². The van der Waals surface area contributed by atoms with Crippen molar-refractivity contribution in [3.63, 3.8) is 0 Å². The van der Waals surface area contributed by atoms with Crippen molar-refractivity contribution in [1.29, 1.82) is 0 Å². The predicted molar refractivity (Wildman–Crippen MR) is 79.1 cm³/mol. The van der Waals surface area contributed by atoms with Crippen LogP contribution in [0.3, 0.4) is 0 Å². The fraction of sp³-hybridized carbons (Fsp3) is 0.467. The van der Waals surface area contributed by atoms with Crippen LogP contribution in [0.25, 0.3) is 0 Å². The van der Waals surface area contributed by atoms with Crippen molar-refractivity contribution in [1.82, 2.24) is 15.1 Å². The Bertz CT molecular complexity index is 511. The second kappa shape index (κ2) is 7.08. The van der Waals surface area contributed by atoms with Gasteiger partial charge in [0.05, 0.1) is 6.42 Å². The summed E-state index contributed by atoms with van der Waals surface area (Å²) in [5.74, 6) is -0.868. The minimum atomic E-state index is -0.868. The molecule has 1 saturated heterocycles. The predicted octanol–water partition coefficient (Wildman–Crippen LogP) is 0.771. The molecule has 6 heteroatoms. The van der Waals surface area contributed by atoms with Gasteiger partial charge in [-0.05, 0) is 18.2 Å². The summed E-state index contributed by atoms with van der Waals surface area (Å²) in [6.07, 6.45) is -0.0272. The molecule has 0 aromatic heterocycles. The van der Waals surface area contributed by atoms with Crippen LogP contribution in [-0.4, -0.2) is 60.1 Å². The number of likely N-dealkylation sites (N-methyl/N-ethyl adjacent to an activating group) is 1. The number of rotatable bonds is 4. The van der Waals surface area contributed by atoms with Gasteiger partial charge in [-0.15, -0.1) is 0 Å². The average Bonchev–Trinajstić information content (AvgIpc) is 2.46. The van der Waals surface area contributed by atoms with Crippen LogP contribution in [0.4, 0.5) is 4.79 Å². The standard InChI is InChI=1S/C15H21N3O3/c1-17-6-8-18(9-7-17)15(21)16-11-13-5-3-2-4-12(13)10-14(19)20/h2-5H,6-11H2,1H3,(H,16,21)(H,19,20). The van der Waals surface area contributed by atoms with Gasteiger partial charge < -0.3 is 20.2 Å². The van der Waals surface area contributed by atoms with E-state index in [0.717, 1.165) is 37.3 Å².